The Morgan fingerprint density at radius 3 is 3.00 bits per heavy atom. The highest BCUT2D eigenvalue weighted by Crippen LogP contribution is 2.19. The molecule has 2 heterocycles. The summed E-state index contributed by atoms with van der Waals surface area (Å²) in [6, 6.07) is 1.23. The van der Waals surface area contributed by atoms with E-state index in [1.165, 1.54) is 23.7 Å². The van der Waals surface area contributed by atoms with Gasteiger partial charge in [-0.3, -0.25) is 4.99 Å². The normalized spacial score (nSPS) is 19.4. The Morgan fingerprint density at radius 2 is 2.22 bits per heavy atom. The molecule has 0 spiro atoms. The molecule has 2 rings (SSSR count). The van der Waals surface area contributed by atoms with Crippen LogP contribution in [0.5, 0.6) is 0 Å². The summed E-state index contributed by atoms with van der Waals surface area (Å²) < 4.78 is 5.75. The maximum Gasteiger partial charge on any atom is 0.122 e. The molecule has 4 heteroatoms. The Balaban J connectivity index is 1.77. The molecular formula is C14H24N2OSi. The second-order valence-electron chi connectivity index (χ2n) is 6.20. The van der Waals surface area contributed by atoms with Crippen molar-refractivity contribution in [3.8, 4) is 0 Å². The largest absolute Gasteiger partial charge is 0.361 e. The molecule has 0 radical (unpaired) electrons. The molecule has 2 aliphatic rings. The van der Waals surface area contributed by atoms with Crippen molar-refractivity contribution in [1.82, 2.24) is 4.90 Å². The molecule has 2 aliphatic heterocycles. The minimum Gasteiger partial charge on any atom is -0.361 e. The van der Waals surface area contributed by atoms with Crippen molar-refractivity contribution >= 4 is 13.8 Å². The van der Waals surface area contributed by atoms with Gasteiger partial charge in [-0.25, -0.2) is 0 Å². The van der Waals surface area contributed by atoms with E-state index < -0.39 is 8.07 Å². The predicted octanol–water partition coefficient (Wildman–Crippen LogP) is 3.25. The number of ether oxygens (including phenoxy) is 1. The summed E-state index contributed by atoms with van der Waals surface area (Å²) in [7, 11) is -0.968. The van der Waals surface area contributed by atoms with Crippen LogP contribution in [0.15, 0.2) is 29.0 Å². The lowest BCUT2D eigenvalue weighted by Crippen LogP contribution is -2.25. The maximum absolute atomic E-state index is 5.75. The summed E-state index contributed by atoms with van der Waals surface area (Å²) in [6.07, 6.45) is 8.69. The van der Waals surface area contributed by atoms with Crippen molar-refractivity contribution in [2.45, 2.75) is 38.5 Å². The van der Waals surface area contributed by atoms with E-state index in [9.17, 15) is 0 Å². The lowest BCUT2D eigenvalue weighted by Gasteiger charge is -2.25. The molecule has 3 nitrogen and oxygen atoms in total. The third-order valence-corrected chi connectivity index (χ3v) is 4.90. The Kier molecular flexibility index (Phi) is 4.40. The van der Waals surface area contributed by atoms with Gasteiger partial charge in [-0.15, -0.1) is 0 Å². The third kappa shape index (κ3) is 4.10. The van der Waals surface area contributed by atoms with E-state index in [0.717, 1.165) is 19.6 Å². The summed E-state index contributed by atoms with van der Waals surface area (Å²) >= 11 is 0. The van der Waals surface area contributed by atoms with Crippen LogP contribution >= 0.6 is 0 Å². The molecule has 0 atom stereocenters. The topological polar surface area (TPSA) is 24.8 Å². The van der Waals surface area contributed by atoms with E-state index in [1.807, 2.05) is 0 Å². The lowest BCUT2D eigenvalue weighted by atomic mass is 10.0. The van der Waals surface area contributed by atoms with Crippen molar-refractivity contribution in [1.29, 1.82) is 0 Å². The van der Waals surface area contributed by atoms with Gasteiger partial charge >= 0.3 is 0 Å². The van der Waals surface area contributed by atoms with Crippen molar-refractivity contribution in [3.05, 3.63) is 24.0 Å². The first-order chi connectivity index (χ1) is 8.54. The predicted molar refractivity (Wildman–Crippen MR) is 79.6 cm³/mol. The Bertz CT molecular complexity index is 380. The lowest BCUT2D eigenvalue weighted by molar-refractivity contribution is 0.0837. The summed E-state index contributed by atoms with van der Waals surface area (Å²) in [6.45, 7) is 9.66. The zero-order chi connectivity index (χ0) is 13.0. The van der Waals surface area contributed by atoms with Crippen LogP contribution in [0.2, 0.25) is 25.7 Å². The Labute approximate surface area is 111 Å². The van der Waals surface area contributed by atoms with Gasteiger partial charge in [-0.2, -0.15) is 0 Å². The highest BCUT2D eigenvalue weighted by Gasteiger charge is 2.15. The number of rotatable bonds is 5. The van der Waals surface area contributed by atoms with Crippen molar-refractivity contribution in [2.24, 2.45) is 4.99 Å². The van der Waals surface area contributed by atoms with Crippen molar-refractivity contribution in [2.75, 3.05) is 19.9 Å². The van der Waals surface area contributed by atoms with Crippen molar-refractivity contribution < 1.29 is 4.74 Å². The van der Waals surface area contributed by atoms with Crippen LogP contribution in [0, 0.1) is 0 Å². The minimum atomic E-state index is -0.968. The molecule has 0 aromatic heterocycles. The molecule has 0 fully saturated rings. The minimum absolute atomic E-state index is 0.664. The monoisotopic (exact) mass is 264 g/mol. The number of aliphatic imine (C=N–C) groups is 1. The number of fused-ring (bicyclic) bond motifs is 1. The van der Waals surface area contributed by atoms with E-state index in [4.69, 9.17) is 4.74 Å². The second-order valence-corrected chi connectivity index (χ2v) is 11.8. The molecule has 0 aromatic rings. The van der Waals surface area contributed by atoms with Gasteiger partial charge in [0, 0.05) is 33.6 Å². The van der Waals surface area contributed by atoms with Gasteiger partial charge in [0.15, 0.2) is 0 Å². The zero-order valence-electron chi connectivity index (χ0n) is 11.8. The molecule has 100 valence electrons. The van der Waals surface area contributed by atoms with Crippen LogP contribution < -0.4 is 0 Å². The Morgan fingerprint density at radius 1 is 1.39 bits per heavy atom. The molecule has 0 N–H and O–H groups in total. The van der Waals surface area contributed by atoms with Gasteiger partial charge in [0.25, 0.3) is 0 Å². The fraction of sp³-hybridized carbons (Fsp3) is 0.643. The van der Waals surface area contributed by atoms with E-state index in [0.29, 0.717) is 6.73 Å². The number of nitrogens with zero attached hydrogens (tertiary/aromatic N) is 2. The summed E-state index contributed by atoms with van der Waals surface area (Å²) in [4.78, 5) is 6.64. The van der Waals surface area contributed by atoms with Gasteiger partial charge in [-0.1, -0.05) is 19.6 Å². The van der Waals surface area contributed by atoms with Gasteiger partial charge in [0.1, 0.15) is 6.73 Å². The van der Waals surface area contributed by atoms with Crippen LogP contribution in [0.4, 0.5) is 0 Å². The molecule has 0 unspecified atom stereocenters. The first-order valence-electron chi connectivity index (χ1n) is 6.82. The number of allylic oxidation sites excluding steroid dienone is 2. The van der Waals surface area contributed by atoms with Crippen LogP contribution in [0.1, 0.15) is 12.8 Å². The highest BCUT2D eigenvalue weighted by molar-refractivity contribution is 6.76. The molecule has 0 amide bonds. The van der Waals surface area contributed by atoms with Gasteiger partial charge in [0.05, 0.1) is 5.71 Å². The molecule has 0 aliphatic carbocycles. The molecule has 0 aromatic carbocycles. The second kappa shape index (κ2) is 5.84. The average Bonchev–Trinajstić information content (AvgIpc) is 2.33. The smallest absolute Gasteiger partial charge is 0.122 e. The molecule has 0 saturated carbocycles. The highest BCUT2D eigenvalue weighted by atomic mass is 28.3. The fourth-order valence-corrected chi connectivity index (χ4v) is 2.78. The van der Waals surface area contributed by atoms with Gasteiger partial charge < -0.3 is 9.64 Å². The fourth-order valence-electron chi connectivity index (χ4n) is 2.03. The van der Waals surface area contributed by atoms with E-state index >= 15 is 0 Å². The Hall–Kier alpha value is -0.873. The quantitative estimate of drug-likeness (QED) is 0.562. The third-order valence-electron chi connectivity index (χ3n) is 3.20. The van der Waals surface area contributed by atoms with E-state index in [-0.39, 0.29) is 0 Å². The molecular weight excluding hydrogens is 240 g/mol. The van der Waals surface area contributed by atoms with E-state index in [2.05, 4.69) is 48.0 Å². The van der Waals surface area contributed by atoms with Gasteiger partial charge in [0.2, 0.25) is 0 Å². The number of hydrogen-bond acceptors (Lipinski definition) is 3. The standard InChI is InChI=1S/C14H24N2OSi/c1-18(2,3)10-9-17-12-16-8-6-14-13(11-16)5-4-7-15-14/h6,8,11H,4-5,7,9-10,12H2,1-3H3. The van der Waals surface area contributed by atoms with Gasteiger partial charge in [-0.05, 0) is 30.5 Å². The zero-order valence-corrected chi connectivity index (χ0v) is 12.8. The van der Waals surface area contributed by atoms with Crippen LogP contribution in [0.25, 0.3) is 0 Å². The molecule has 0 saturated heterocycles. The SMILES string of the molecule is C[Si](C)(C)CCOCN1C=CC2=NCCCC2=C1. The average molecular weight is 264 g/mol. The number of hydrogen-bond donors (Lipinski definition) is 0. The summed E-state index contributed by atoms with van der Waals surface area (Å²) in [5.74, 6) is 0. The van der Waals surface area contributed by atoms with Crippen LogP contribution in [0.3, 0.4) is 0 Å². The summed E-state index contributed by atoms with van der Waals surface area (Å²) in [5.41, 5.74) is 2.53. The first-order valence-corrected chi connectivity index (χ1v) is 10.5. The van der Waals surface area contributed by atoms with E-state index in [1.54, 1.807) is 0 Å². The molecule has 18 heavy (non-hydrogen) atoms. The molecule has 0 bridgehead atoms. The van der Waals surface area contributed by atoms with Crippen LogP contribution in [-0.4, -0.2) is 38.6 Å². The summed E-state index contributed by atoms with van der Waals surface area (Å²) in [5, 5.41) is 0. The van der Waals surface area contributed by atoms with Crippen LogP contribution in [-0.2, 0) is 4.74 Å². The van der Waals surface area contributed by atoms with Crippen molar-refractivity contribution in [3.63, 3.8) is 0 Å². The maximum atomic E-state index is 5.75. The first kappa shape index (κ1) is 13.6.